The van der Waals surface area contributed by atoms with Crippen LogP contribution in [0.2, 0.25) is 0 Å². The summed E-state index contributed by atoms with van der Waals surface area (Å²) in [6.07, 6.45) is 20.8. The highest BCUT2D eigenvalue weighted by Crippen LogP contribution is 2.14. The van der Waals surface area contributed by atoms with E-state index in [4.69, 9.17) is 4.74 Å². The van der Waals surface area contributed by atoms with Crippen molar-refractivity contribution in [1.29, 1.82) is 0 Å². The van der Waals surface area contributed by atoms with Crippen LogP contribution >= 0.6 is 0 Å². The van der Waals surface area contributed by atoms with Crippen molar-refractivity contribution < 1.29 is 9.53 Å². The van der Waals surface area contributed by atoms with E-state index in [1.54, 1.807) is 30.5 Å². The number of hydrogen-bond acceptors (Lipinski definition) is 4. The summed E-state index contributed by atoms with van der Waals surface area (Å²) in [6.45, 7) is 3.18. The number of ether oxygens (including phenoxy) is 1. The highest BCUT2D eigenvalue weighted by Gasteiger charge is 2.08. The molecule has 0 aliphatic heterocycles. The van der Waals surface area contributed by atoms with Crippen molar-refractivity contribution >= 4 is 11.7 Å². The van der Waals surface area contributed by atoms with Crippen LogP contribution < -0.4 is 10.1 Å². The molecule has 0 saturated heterocycles. The van der Waals surface area contributed by atoms with Gasteiger partial charge < -0.3 is 10.1 Å². The summed E-state index contributed by atoms with van der Waals surface area (Å²) in [6, 6.07) is 10.8. The molecule has 4 nitrogen and oxygen atoms in total. The van der Waals surface area contributed by atoms with Gasteiger partial charge in [-0.15, -0.1) is 0 Å². The van der Waals surface area contributed by atoms with Gasteiger partial charge in [0.2, 0.25) is 0 Å². The molecule has 0 spiro atoms. The van der Waals surface area contributed by atoms with E-state index >= 15 is 0 Å². The van der Waals surface area contributed by atoms with Crippen LogP contribution in [-0.4, -0.2) is 17.5 Å². The second-order valence-electron chi connectivity index (χ2n) is 7.61. The van der Waals surface area contributed by atoms with Crippen molar-refractivity contribution in [3.05, 3.63) is 66.5 Å². The second kappa shape index (κ2) is 15.3. The number of anilines is 1. The van der Waals surface area contributed by atoms with E-state index in [1.165, 1.54) is 57.6 Å². The second-order valence-corrected chi connectivity index (χ2v) is 7.61. The maximum Gasteiger partial charge on any atom is 0.343 e. The molecule has 0 saturated carbocycles. The number of benzene rings is 1. The Labute approximate surface area is 181 Å². The van der Waals surface area contributed by atoms with Gasteiger partial charge in [0.15, 0.2) is 0 Å². The lowest BCUT2D eigenvalue weighted by molar-refractivity contribution is 0.0734. The molecule has 1 N–H and O–H groups in total. The summed E-state index contributed by atoms with van der Waals surface area (Å²) in [5.74, 6) is 0.0744. The zero-order chi connectivity index (χ0) is 21.3. The zero-order valence-corrected chi connectivity index (χ0v) is 18.3. The maximum absolute atomic E-state index is 12.1. The van der Waals surface area contributed by atoms with Gasteiger partial charge in [0, 0.05) is 18.4 Å². The molecule has 0 radical (unpaired) electrons. The van der Waals surface area contributed by atoms with Gasteiger partial charge in [-0.2, -0.15) is 0 Å². The van der Waals surface area contributed by atoms with Crippen molar-refractivity contribution in [2.24, 2.45) is 0 Å². The summed E-state index contributed by atoms with van der Waals surface area (Å²) in [5, 5.41) is 3.40. The first kappa shape index (κ1) is 23.7. The van der Waals surface area contributed by atoms with Gasteiger partial charge in [0.25, 0.3) is 0 Å². The molecule has 0 aliphatic carbocycles. The number of hydrogen-bond donors (Lipinski definition) is 1. The number of rotatable bonds is 15. The minimum atomic E-state index is -0.374. The number of pyridine rings is 1. The van der Waals surface area contributed by atoms with E-state index in [9.17, 15) is 4.79 Å². The molecule has 0 aliphatic rings. The Kier molecular flexibility index (Phi) is 12.0. The van der Waals surface area contributed by atoms with Gasteiger partial charge in [-0.05, 0) is 62.1 Å². The molecule has 0 bridgehead atoms. The van der Waals surface area contributed by atoms with Crippen LogP contribution in [0.3, 0.4) is 0 Å². The van der Waals surface area contributed by atoms with E-state index in [-0.39, 0.29) is 5.97 Å². The normalized spacial score (nSPS) is 11.0. The van der Waals surface area contributed by atoms with Crippen molar-refractivity contribution in [1.82, 2.24) is 4.98 Å². The summed E-state index contributed by atoms with van der Waals surface area (Å²) in [4.78, 5) is 16.1. The van der Waals surface area contributed by atoms with Gasteiger partial charge in [0.05, 0.1) is 11.8 Å². The predicted octanol–water partition coefficient (Wildman–Crippen LogP) is 7.19. The first-order chi connectivity index (χ1) is 14.8. The van der Waals surface area contributed by atoms with E-state index in [0.29, 0.717) is 11.3 Å². The van der Waals surface area contributed by atoms with Crippen molar-refractivity contribution in [2.75, 3.05) is 11.9 Å². The zero-order valence-electron chi connectivity index (χ0n) is 18.3. The third kappa shape index (κ3) is 10.2. The van der Waals surface area contributed by atoms with Gasteiger partial charge >= 0.3 is 5.97 Å². The molecule has 2 aromatic rings. The quantitative estimate of drug-likeness (QED) is 0.192. The summed E-state index contributed by atoms with van der Waals surface area (Å²) in [7, 11) is 0. The molecular formula is C26H36N2O2. The third-order valence-corrected chi connectivity index (χ3v) is 4.98. The number of aromatic nitrogens is 1. The molecule has 4 heteroatoms. The molecule has 0 unspecified atom stereocenters. The van der Waals surface area contributed by atoms with Crippen LogP contribution in [0.25, 0.3) is 0 Å². The fourth-order valence-corrected chi connectivity index (χ4v) is 3.21. The van der Waals surface area contributed by atoms with Crippen LogP contribution in [0, 0.1) is 0 Å². The Bertz CT molecular complexity index is 726. The van der Waals surface area contributed by atoms with Crippen molar-refractivity contribution in [2.45, 2.75) is 71.1 Å². The Balaban J connectivity index is 1.53. The first-order valence-electron chi connectivity index (χ1n) is 11.4. The fourth-order valence-electron chi connectivity index (χ4n) is 3.21. The molecule has 2 rings (SSSR count). The minimum absolute atomic E-state index is 0.374. The maximum atomic E-state index is 12.1. The molecule has 0 fully saturated rings. The molecular weight excluding hydrogens is 372 g/mol. The van der Waals surface area contributed by atoms with Gasteiger partial charge in [-0.25, -0.2) is 4.79 Å². The predicted molar refractivity (Wildman–Crippen MR) is 125 cm³/mol. The minimum Gasteiger partial charge on any atom is -0.421 e. The van der Waals surface area contributed by atoms with Crippen molar-refractivity contribution in [3.63, 3.8) is 0 Å². The fraction of sp³-hybridized carbons (Fsp3) is 0.462. The number of unbranched alkanes of at least 4 members (excludes halogenated alkanes) is 8. The molecule has 0 atom stereocenters. The number of carbonyl (C=O) groups excluding carboxylic acids is 1. The molecule has 1 heterocycles. The average Bonchev–Trinajstić information content (AvgIpc) is 2.78. The Morgan fingerprint density at radius 3 is 2.33 bits per heavy atom. The number of carbonyl (C=O) groups is 1. The lowest BCUT2D eigenvalue weighted by Gasteiger charge is -2.07. The lowest BCUT2D eigenvalue weighted by Crippen LogP contribution is -2.09. The van der Waals surface area contributed by atoms with E-state index in [2.05, 4.69) is 29.4 Å². The van der Waals surface area contributed by atoms with Gasteiger partial charge in [-0.1, -0.05) is 57.6 Å². The standard InChI is InChI=1S/C26H36N2O2/c1-2-3-4-5-6-7-8-9-10-11-12-13-21-28-24-18-16-23(17-19-24)26(29)30-25-15-14-20-27-22-25/h10-11,14-20,22,28H,2-9,12-13,21H2,1H3/b11-10+. The lowest BCUT2D eigenvalue weighted by atomic mass is 10.1. The molecule has 1 aromatic heterocycles. The largest absolute Gasteiger partial charge is 0.421 e. The van der Waals surface area contributed by atoms with E-state index in [1.807, 2.05) is 12.1 Å². The number of esters is 1. The van der Waals surface area contributed by atoms with Gasteiger partial charge in [-0.3, -0.25) is 4.98 Å². The first-order valence-corrected chi connectivity index (χ1v) is 11.4. The summed E-state index contributed by atoms with van der Waals surface area (Å²) < 4.78 is 5.29. The molecule has 1 aromatic carbocycles. The van der Waals surface area contributed by atoms with Crippen LogP contribution in [0.4, 0.5) is 5.69 Å². The monoisotopic (exact) mass is 408 g/mol. The van der Waals surface area contributed by atoms with E-state index < -0.39 is 0 Å². The van der Waals surface area contributed by atoms with Crippen LogP contribution in [-0.2, 0) is 0 Å². The Morgan fingerprint density at radius 2 is 1.63 bits per heavy atom. The molecule has 0 amide bonds. The number of nitrogens with one attached hydrogen (secondary N) is 1. The topological polar surface area (TPSA) is 51.2 Å². The highest BCUT2D eigenvalue weighted by atomic mass is 16.5. The number of allylic oxidation sites excluding steroid dienone is 2. The van der Waals surface area contributed by atoms with Crippen molar-refractivity contribution in [3.8, 4) is 5.75 Å². The van der Waals surface area contributed by atoms with Crippen LogP contribution in [0.15, 0.2) is 60.9 Å². The SMILES string of the molecule is CCCCCCCCC/C=C/CCCNc1ccc(C(=O)Oc2cccnc2)cc1. The number of nitrogens with zero attached hydrogens (tertiary/aromatic N) is 1. The smallest absolute Gasteiger partial charge is 0.343 e. The Morgan fingerprint density at radius 1 is 0.933 bits per heavy atom. The third-order valence-electron chi connectivity index (χ3n) is 4.98. The Hall–Kier alpha value is -2.62. The summed E-state index contributed by atoms with van der Waals surface area (Å²) >= 11 is 0. The van der Waals surface area contributed by atoms with E-state index in [0.717, 1.165) is 25.1 Å². The average molecular weight is 409 g/mol. The van der Waals surface area contributed by atoms with Crippen LogP contribution in [0.5, 0.6) is 5.75 Å². The highest BCUT2D eigenvalue weighted by molar-refractivity contribution is 5.91. The summed E-state index contributed by atoms with van der Waals surface area (Å²) in [5.41, 5.74) is 1.54. The van der Waals surface area contributed by atoms with Gasteiger partial charge in [0.1, 0.15) is 5.75 Å². The van der Waals surface area contributed by atoms with Crippen LogP contribution in [0.1, 0.15) is 81.5 Å². The molecule has 30 heavy (non-hydrogen) atoms. The molecule has 162 valence electrons.